The lowest BCUT2D eigenvalue weighted by molar-refractivity contribution is -0.173. The van der Waals surface area contributed by atoms with E-state index in [2.05, 4.69) is 94.7 Å². The second-order valence-electron chi connectivity index (χ2n) is 12.1. The molecule has 2 bridgehead atoms. The van der Waals surface area contributed by atoms with Gasteiger partial charge in [-0.15, -0.1) is 0 Å². The summed E-state index contributed by atoms with van der Waals surface area (Å²) in [5.41, 5.74) is 2.22. The predicted octanol–water partition coefficient (Wildman–Crippen LogP) is 5.42. The number of hydrogen-bond donors (Lipinski definition) is 1. The molecule has 0 saturated carbocycles. The van der Waals surface area contributed by atoms with Gasteiger partial charge in [0.05, 0.1) is 5.41 Å². The molecule has 4 aromatic carbocycles. The van der Waals surface area contributed by atoms with Crippen LogP contribution in [0, 0.1) is 5.41 Å². The average Bonchev–Trinajstić information content (AvgIpc) is 3.64. The number of aliphatic hydroxyl groups is 1. The molecule has 4 heteroatoms. The van der Waals surface area contributed by atoms with Gasteiger partial charge in [-0.05, 0) is 52.9 Å². The molecule has 0 amide bonds. The van der Waals surface area contributed by atoms with Gasteiger partial charge in [0.25, 0.3) is 0 Å². The van der Waals surface area contributed by atoms with Crippen molar-refractivity contribution in [2.45, 2.75) is 36.1 Å². The zero-order chi connectivity index (χ0) is 26.0. The molecule has 4 nitrogen and oxygen atoms in total. The van der Waals surface area contributed by atoms with E-state index in [0.717, 1.165) is 52.4 Å². The zero-order valence-electron chi connectivity index (χ0n) is 21.8. The maximum atomic E-state index is 15.3. The van der Waals surface area contributed by atoms with E-state index in [9.17, 15) is 5.11 Å². The lowest BCUT2D eigenvalue weighted by Gasteiger charge is -2.48. The standard InChI is InChI=1S/C35H30N2O2/c38-32-26(20-23-10-3-1-4-11-23)21-36-22-33(32)31(25-12-5-2-6-13-25)29-18-9-19-37(29)34(33)27-16-7-14-24-15-8-17-28(30(24)27)35(34,36)39/h1-8,10-17,20,29,31,39H,9,18-19,21-22H2/b26-20+/t29-,31-,33-,34+,35+/m1/s1. The highest BCUT2D eigenvalue weighted by atomic mass is 16.3. The minimum Gasteiger partial charge on any atom is -0.369 e. The maximum absolute atomic E-state index is 15.3. The number of ketones is 1. The molecule has 4 heterocycles. The van der Waals surface area contributed by atoms with Crippen molar-refractivity contribution >= 4 is 22.6 Å². The molecule has 1 N–H and O–H groups in total. The molecule has 4 aliphatic heterocycles. The molecule has 6 atom stereocenters. The smallest absolute Gasteiger partial charge is 0.170 e. The highest BCUT2D eigenvalue weighted by molar-refractivity contribution is 6.09. The zero-order valence-corrected chi connectivity index (χ0v) is 21.8. The number of rotatable bonds is 2. The first-order chi connectivity index (χ1) is 19.1. The van der Waals surface area contributed by atoms with Gasteiger partial charge in [0.2, 0.25) is 0 Å². The molecule has 9 rings (SSSR count). The molecular formula is C35H30N2O2. The van der Waals surface area contributed by atoms with Gasteiger partial charge < -0.3 is 5.11 Å². The minimum absolute atomic E-state index is 0.00531. The quantitative estimate of drug-likeness (QED) is 0.366. The van der Waals surface area contributed by atoms with Crippen molar-refractivity contribution in [1.82, 2.24) is 9.80 Å². The number of carbonyl (C=O) groups excluding carboxylic acids is 1. The monoisotopic (exact) mass is 510 g/mol. The summed E-state index contributed by atoms with van der Waals surface area (Å²) < 4.78 is 0. The molecule has 39 heavy (non-hydrogen) atoms. The molecule has 4 aromatic rings. The van der Waals surface area contributed by atoms with Crippen molar-refractivity contribution in [2.75, 3.05) is 19.6 Å². The van der Waals surface area contributed by atoms with Crippen molar-refractivity contribution in [3.8, 4) is 0 Å². The molecule has 0 radical (unpaired) electrons. The number of hydrogen-bond acceptors (Lipinski definition) is 4. The Kier molecular flexibility index (Phi) is 4.19. The number of carbonyl (C=O) groups is 1. The van der Waals surface area contributed by atoms with Crippen molar-refractivity contribution in [2.24, 2.45) is 5.41 Å². The first-order valence-electron chi connectivity index (χ1n) is 14.2. The Labute approximate surface area is 228 Å². The van der Waals surface area contributed by atoms with Gasteiger partial charge in [-0.2, -0.15) is 0 Å². The van der Waals surface area contributed by atoms with Gasteiger partial charge in [-0.1, -0.05) is 97.1 Å². The summed E-state index contributed by atoms with van der Waals surface area (Å²) in [5.74, 6) is 0.209. The number of benzene rings is 4. The van der Waals surface area contributed by atoms with Crippen LogP contribution in [-0.4, -0.2) is 46.4 Å². The Hall–Kier alpha value is -3.57. The Balaban J connectivity index is 1.41. The lowest BCUT2D eigenvalue weighted by Crippen LogP contribution is -2.61. The summed E-state index contributed by atoms with van der Waals surface area (Å²) in [4.78, 5) is 20.2. The summed E-state index contributed by atoms with van der Waals surface area (Å²) in [6.07, 6.45) is 4.19. The molecule has 4 fully saturated rings. The van der Waals surface area contributed by atoms with Gasteiger partial charge in [0, 0.05) is 36.2 Å². The molecule has 4 saturated heterocycles. The van der Waals surface area contributed by atoms with Crippen LogP contribution in [0.5, 0.6) is 0 Å². The van der Waals surface area contributed by atoms with Crippen molar-refractivity contribution in [1.29, 1.82) is 0 Å². The van der Waals surface area contributed by atoms with Crippen LogP contribution in [0.3, 0.4) is 0 Å². The van der Waals surface area contributed by atoms with Crippen LogP contribution in [0.15, 0.2) is 103 Å². The van der Waals surface area contributed by atoms with Crippen LogP contribution >= 0.6 is 0 Å². The lowest BCUT2D eigenvalue weighted by atomic mass is 9.56. The van der Waals surface area contributed by atoms with Crippen LogP contribution in [0.2, 0.25) is 0 Å². The average molecular weight is 511 g/mol. The Morgan fingerprint density at radius 3 is 2.33 bits per heavy atom. The van der Waals surface area contributed by atoms with Crippen molar-refractivity contribution < 1.29 is 9.90 Å². The summed E-state index contributed by atoms with van der Waals surface area (Å²) in [6, 6.07) is 33.9. The summed E-state index contributed by atoms with van der Waals surface area (Å²) >= 11 is 0. The number of fused-ring (bicyclic) bond motifs is 4. The molecular weight excluding hydrogens is 480 g/mol. The third-order valence-electron chi connectivity index (χ3n) is 10.7. The normalized spacial score (nSPS) is 36.9. The number of piperidine rings is 1. The molecule has 192 valence electrons. The highest BCUT2D eigenvalue weighted by Gasteiger charge is 2.87. The number of Topliss-reactive ketones (excluding diaryl/α,β-unsaturated/α-hetero) is 1. The van der Waals surface area contributed by atoms with E-state index in [0.29, 0.717) is 13.1 Å². The third-order valence-corrected chi connectivity index (χ3v) is 10.7. The summed E-state index contributed by atoms with van der Waals surface area (Å²) in [6.45, 7) is 1.89. The predicted molar refractivity (Wildman–Crippen MR) is 152 cm³/mol. The van der Waals surface area contributed by atoms with Crippen molar-refractivity contribution in [3.05, 3.63) is 125 Å². The second-order valence-corrected chi connectivity index (χ2v) is 12.1. The first-order valence-corrected chi connectivity index (χ1v) is 14.2. The molecule has 5 aliphatic rings. The fourth-order valence-electron chi connectivity index (χ4n) is 9.75. The van der Waals surface area contributed by atoms with Crippen LogP contribution in [-0.2, 0) is 16.1 Å². The molecule has 0 aromatic heterocycles. The van der Waals surface area contributed by atoms with E-state index in [1.807, 2.05) is 18.2 Å². The van der Waals surface area contributed by atoms with Crippen LogP contribution in [0.25, 0.3) is 16.8 Å². The van der Waals surface area contributed by atoms with Gasteiger partial charge in [-0.25, -0.2) is 0 Å². The minimum atomic E-state index is -1.29. The Morgan fingerprint density at radius 2 is 1.56 bits per heavy atom. The van der Waals surface area contributed by atoms with Crippen LogP contribution in [0.1, 0.15) is 41.0 Å². The maximum Gasteiger partial charge on any atom is 0.170 e. The van der Waals surface area contributed by atoms with E-state index in [-0.39, 0.29) is 17.7 Å². The SMILES string of the molecule is O=C1/C(=C/c2ccccc2)CN2C[C@@]13[C@H](c1ccccc1)[C@H]1CCCN1[C@@]31c3cccc4cccc(c34)[C@@]21O. The molecule has 1 aliphatic carbocycles. The van der Waals surface area contributed by atoms with Crippen molar-refractivity contribution in [3.63, 3.8) is 0 Å². The van der Waals surface area contributed by atoms with Crippen LogP contribution in [0.4, 0.5) is 0 Å². The molecule has 1 unspecified atom stereocenters. The Bertz CT molecular complexity index is 1710. The Morgan fingerprint density at radius 1 is 0.846 bits per heavy atom. The first kappa shape index (κ1) is 22.3. The molecule has 2 spiro atoms. The van der Waals surface area contributed by atoms with Gasteiger partial charge >= 0.3 is 0 Å². The fraction of sp³-hybridized carbons (Fsp3) is 0.286. The van der Waals surface area contributed by atoms with E-state index in [1.165, 1.54) is 5.56 Å². The summed E-state index contributed by atoms with van der Waals surface area (Å²) in [5, 5.41) is 15.7. The third kappa shape index (κ3) is 2.30. The van der Waals surface area contributed by atoms with E-state index < -0.39 is 16.7 Å². The fourth-order valence-corrected chi connectivity index (χ4v) is 9.75. The van der Waals surface area contributed by atoms with Gasteiger partial charge in [0.15, 0.2) is 11.5 Å². The van der Waals surface area contributed by atoms with Gasteiger partial charge in [0.1, 0.15) is 5.54 Å². The topological polar surface area (TPSA) is 43.8 Å². The van der Waals surface area contributed by atoms with Gasteiger partial charge in [-0.3, -0.25) is 14.6 Å². The van der Waals surface area contributed by atoms with E-state index in [4.69, 9.17) is 0 Å². The van der Waals surface area contributed by atoms with E-state index >= 15 is 4.79 Å². The second kappa shape index (κ2) is 7.33. The highest BCUT2D eigenvalue weighted by Crippen LogP contribution is 2.78. The largest absolute Gasteiger partial charge is 0.369 e. The van der Waals surface area contributed by atoms with Crippen LogP contribution < -0.4 is 0 Å². The number of nitrogens with zero attached hydrogens (tertiary/aromatic N) is 2. The summed E-state index contributed by atoms with van der Waals surface area (Å²) in [7, 11) is 0. The van der Waals surface area contributed by atoms with E-state index in [1.54, 1.807) is 0 Å².